The second-order valence-electron chi connectivity index (χ2n) is 5.03. The zero-order chi connectivity index (χ0) is 14.5. The van der Waals surface area contributed by atoms with E-state index in [9.17, 15) is 9.59 Å². The van der Waals surface area contributed by atoms with Crippen LogP contribution in [0.25, 0.3) is 0 Å². The number of esters is 1. The minimum Gasteiger partial charge on any atom is -0.448 e. The van der Waals surface area contributed by atoms with Crippen LogP contribution < -0.4 is 11.1 Å². The molecule has 1 aromatic heterocycles. The largest absolute Gasteiger partial charge is 0.448 e. The number of nitrogen functional groups attached to an aromatic ring is 1. The molecule has 1 atom stereocenters. The molecular weight excluding hydrogens is 258 g/mol. The molecule has 0 aliphatic carbocycles. The minimum atomic E-state index is -0.698. The summed E-state index contributed by atoms with van der Waals surface area (Å²) in [6.07, 6.45) is 4.26. The van der Waals surface area contributed by atoms with E-state index in [2.05, 4.69) is 5.32 Å². The third-order valence-corrected chi connectivity index (χ3v) is 3.33. The first-order chi connectivity index (χ1) is 9.61. The molecule has 110 valence electrons. The van der Waals surface area contributed by atoms with Crippen molar-refractivity contribution in [3.8, 4) is 0 Å². The first-order valence-electron chi connectivity index (χ1n) is 7.06. The smallest absolute Gasteiger partial charge is 0.355 e. The highest BCUT2D eigenvalue weighted by Crippen LogP contribution is 2.16. The predicted molar refractivity (Wildman–Crippen MR) is 75.2 cm³/mol. The average Bonchev–Trinajstić information content (AvgIpc) is 2.66. The van der Waals surface area contributed by atoms with Crippen molar-refractivity contribution in [1.82, 2.24) is 9.88 Å². The molecule has 1 saturated heterocycles. The van der Waals surface area contributed by atoms with E-state index in [0.717, 1.165) is 19.3 Å². The molecule has 2 heterocycles. The highest BCUT2D eigenvalue weighted by Gasteiger charge is 2.26. The molecule has 0 aromatic carbocycles. The van der Waals surface area contributed by atoms with Crippen LogP contribution in [-0.2, 0) is 16.1 Å². The summed E-state index contributed by atoms with van der Waals surface area (Å²) in [7, 11) is 0. The predicted octanol–water partition coefficient (Wildman–Crippen LogP) is 1.31. The molecule has 1 amide bonds. The Morgan fingerprint density at radius 1 is 1.55 bits per heavy atom. The average molecular weight is 279 g/mol. The first kappa shape index (κ1) is 14.4. The number of nitrogens with one attached hydrogen (secondary N) is 1. The van der Waals surface area contributed by atoms with E-state index >= 15 is 0 Å². The van der Waals surface area contributed by atoms with Crippen molar-refractivity contribution in [3.63, 3.8) is 0 Å². The van der Waals surface area contributed by atoms with E-state index in [1.807, 2.05) is 6.92 Å². The third-order valence-electron chi connectivity index (χ3n) is 3.33. The van der Waals surface area contributed by atoms with E-state index in [0.29, 0.717) is 30.9 Å². The van der Waals surface area contributed by atoms with E-state index in [4.69, 9.17) is 10.5 Å². The van der Waals surface area contributed by atoms with Gasteiger partial charge in [0, 0.05) is 19.3 Å². The van der Waals surface area contributed by atoms with Crippen LogP contribution in [0.3, 0.4) is 0 Å². The monoisotopic (exact) mass is 279 g/mol. The maximum atomic E-state index is 12.2. The van der Waals surface area contributed by atoms with Crippen molar-refractivity contribution in [2.45, 2.75) is 45.3 Å². The Hall–Kier alpha value is -1.98. The second kappa shape index (κ2) is 6.45. The van der Waals surface area contributed by atoms with Crippen LogP contribution in [0.2, 0.25) is 0 Å². The van der Waals surface area contributed by atoms with E-state index < -0.39 is 12.1 Å². The molecule has 3 N–H and O–H groups in total. The van der Waals surface area contributed by atoms with Crippen LogP contribution >= 0.6 is 0 Å². The van der Waals surface area contributed by atoms with Gasteiger partial charge in [-0.05, 0) is 31.7 Å². The van der Waals surface area contributed by atoms with Crippen LogP contribution in [0, 0.1) is 0 Å². The van der Waals surface area contributed by atoms with Crippen LogP contribution in [0.15, 0.2) is 12.3 Å². The number of aromatic nitrogens is 1. The van der Waals surface area contributed by atoms with Crippen molar-refractivity contribution >= 4 is 17.6 Å². The van der Waals surface area contributed by atoms with Gasteiger partial charge in [0.15, 0.2) is 6.10 Å². The zero-order valence-electron chi connectivity index (χ0n) is 11.7. The lowest BCUT2D eigenvalue weighted by Crippen LogP contribution is -2.36. The summed E-state index contributed by atoms with van der Waals surface area (Å²) in [4.78, 5) is 24.0. The summed E-state index contributed by atoms with van der Waals surface area (Å²) in [6, 6.07) is 1.59. The quantitative estimate of drug-likeness (QED) is 0.813. The lowest BCUT2D eigenvalue weighted by Gasteiger charge is -2.15. The van der Waals surface area contributed by atoms with Gasteiger partial charge >= 0.3 is 5.97 Å². The molecule has 1 aromatic rings. The van der Waals surface area contributed by atoms with Crippen molar-refractivity contribution < 1.29 is 14.3 Å². The first-order valence-corrected chi connectivity index (χ1v) is 7.06. The van der Waals surface area contributed by atoms with E-state index in [-0.39, 0.29) is 5.91 Å². The maximum Gasteiger partial charge on any atom is 0.355 e. The fraction of sp³-hybridized carbons (Fsp3) is 0.571. The lowest BCUT2D eigenvalue weighted by molar-refractivity contribution is -0.129. The van der Waals surface area contributed by atoms with Gasteiger partial charge in [0.25, 0.3) is 5.91 Å². The molecule has 2 rings (SSSR count). The molecule has 20 heavy (non-hydrogen) atoms. The van der Waals surface area contributed by atoms with Crippen LogP contribution in [0.4, 0.5) is 5.69 Å². The molecule has 0 radical (unpaired) electrons. The Bertz CT molecular complexity index is 496. The summed E-state index contributed by atoms with van der Waals surface area (Å²) in [5.74, 6) is -0.699. The minimum absolute atomic E-state index is 0.211. The van der Waals surface area contributed by atoms with Crippen LogP contribution in [0.1, 0.15) is 43.1 Å². The maximum absolute atomic E-state index is 12.2. The van der Waals surface area contributed by atoms with Crippen molar-refractivity contribution in [2.24, 2.45) is 0 Å². The summed E-state index contributed by atoms with van der Waals surface area (Å²) in [6.45, 7) is 3.36. The van der Waals surface area contributed by atoms with Gasteiger partial charge in [-0.2, -0.15) is 0 Å². The van der Waals surface area contributed by atoms with Gasteiger partial charge in [0.05, 0.1) is 5.69 Å². The molecule has 1 aliphatic rings. The molecule has 1 unspecified atom stereocenters. The number of hydrogen-bond acceptors (Lipinski definition) is 4. The van der Waals surface area contributed by atoms with Crippen molar-refractivity contribution in [3.05, 3.63) is 18.0 Å². The number of amides is 1. The van der Waals surface area contributed by atoms with E-state index in [1.54, 1.807) is 16.8 Å². The normalized spacial score (nSPS) is 19.2. The van der Waals surface area contributed by atoms with Crippen LogP contribution in [0.5, 0.6) is 0 Å². The zero-order valence-corrected chi connectivity index (χ0v) is 11.7. The Morgan fingerprint density at radius 3 is 3.10 bits per heavy atom. The van der Waals surface area contributed by atoms with Gasteiger partial charge in [-0.25, -0.2) is 4.79 Å². The number of nitrogens with zero attached hydrogens (tertiary/aromatic N) is 1. The topological polar surface area (TPSA) is 86.3 Å². The SMILES string of the molecule is CCCn1cc(N)cc1C(=O)OC1CCCCNC1=O. The number of rotatable bonds is 4. The van der Waals surface area contributed by atoms with Crippen LogP contribution in [-0.4, -0.2) is 29.1 Å². The van der Waals surface area contributed by atoms with Gasteiger partial charge in [-0.3, -0.25) is 4.79 Å². The summed E-state index contributed by atoms with van der Waals surface area (Å²) in [5.41, 5.74) is 6.65. The Kier molecular flexibility index (Phi) is 4.65. The number of carbonyl (C=O) groups excluding carboxylic acids is 2. The fourth-order valence-corrected chi connectivity index (χ4v) is 2.34. The Labute approximate surface area is 118 Å². The lowest BCUT2D eigenvalue weighted by atomic mass is 10.2. The molecule has 6 heteroatoms. The molecular formula is C14H21N3O3. The molecule has 0 bridgehead atoms. The van der Waals surface area contributed by atoms with Gasteiger partial charge in [0.2, 0.25) is 0 Å². The van der Waals surface area contributed by atoms with Gasteiger partial charge in [-0.1, -0.05) is 6.92 Å². The number of anilines is 1. The van der Waals surface area contributed by atoms with Crippen molar-refractivity contribution in [2.75, 3.05) is 12.3 Å². The number of carbonyl (C=O) groups is 2. The number of ether oxygens (including phenoxy) is 1. The number of hydrogen-bond donors (Lipinski definition) is 2. The number of nitrogens with two attached hydrogens (primary N) is 1. The molecule has 1 aliphatic heterocycles. The molecule has 0 saturated carbocycles. The second-order valence-corrected chi connectivity index (χ2v) is 5.03. The highest BCUT2D eigenvalue weighted by atomic mass is 16.5. The van der Waals surface area contributed by atoms with Gasteiger partial charge in [-0.15, -0.1) is 0 Å². The molecule has 6 nitrogen and oxygen atoms in total. The Morgan fingerprint density at radius 2 is 2.35 bits per heavy atom. The van der Waals surface area contributed by atoms with E-state index in [1.165, 1.54) is 0 Å². The summed E-state index contributed by atoms with van der Waals surface area (Å²) >= 11 is 0. The molecule has 1 fully saturated rings. The standard InChI is InChI=1S/C14H21N3O3/c1-2-7-17-9-10(15)8-11(17)14(19)20-12-5-3-4-6-16-13(12)18/h8-9,12H,2-7,15H2,1H3,(H,16,18). The van der Waals surface area contributed by atoms with Gasteiger partial charge in [0.1, 0.15) is 5.69 Å². The summed E-state index contributed by atoms with van der Waals surface area (Å²) < 4.78 is 7.11. The highest BCUT2D eigenvalue weighted by molar-refractivity contribution is 5.92. The third kappa shape index (κ3) is 3.31. The van der Waals surface area contributed by atoms with Gasteiger partial charge < -0.3 is 20.4 Å². The Balaban J connectivity index is 2.09. The van der Waals surface area contributed by atoms with Crippen molar-refractivity contribution in [1.29, 1.82) is 0 Å². The fourth-order valence-electron chi connectivity index (χ4n) is 2.34. The summed E-state index contributed by atoms with van der Waals surface area (Å²) in [5, 5.41) is 2.75. The molecule has 0 spiro atoms. The number of aryl methyl sites for hydroxylation is 1.